The van der Waals surface area contributed by atoms with Gasteiger partial charge in [-0.05, 0) is 63.1 Å². The summed E-state index contributed by atoms with van der Waals surface area (Å²) in [6.07, 6.45) is 3.87. The molecule has 1 aliphatic rings. The van der Waals surface area contributed by atoms with Crippen molar-refractivity contribution in [2.75, 3.05) is 25.0 Å². The number of aryl methyl sites for hydroxylation is 2. The predicted molar refractivity (Wildman–Crippen MR) is 134 cm³/mol. The Morgan fingerprint density at radius 2 is 1.76 bits per heavy atom. The van der Waals surface area contributed by atoms with Crippen LogP contribution < -0.4 is 4.90 Å². The van der Waals surface area contributed by atoms with E-state index >= 15 is 0 Å². The van der Waals surface area contributed by atoms with Gasteiger partial charge in [-0.25, -0.2) is 4.39 Å². The maximum absolute atomic E-state index is 13.6. The maximum atomic E-state index is 13.6. The smallest absolute Gasteiger partial charge is 0.159 e. The van der Waals surface area contributed by atoms with Gasteiger partial charge in [0.15, 0.2) is 5.82 Å². The molecule has 1 fully saturated rings. The summed E-state index contributed by atoms with van der Waals surface area (Å²) >= 11 is 0. The zero-order valence-corrected chi connectivity index (χ0v) is 20.2. The van der Waals surface area contributed by atoms with Gasteiger partial charge >= 0.3 is 0 Å². The van der Waals surface area contributed by atoms with Crippen molar-refractivity contribution < 1.29 is 4.39 Å². The van der Waals surface area contributed by atoms with Crippen LogP contribution in [0, 0.1) is 12.7 Å². The molecule has 0 aliphatic carbocycles. The van der Waals surface area contributed by atoms with Crippen molar-refractivity contribution in [3.63, 3.8) is 0 Å². The van der Waals surface area contributed by atoms with E-state index in [9.17, 15) is 4.39 Å². The SMILES string of the molecule is Cc1cc(F)ccc1C(C)N(C)C1CCN(c2nnc(-c3ccnn3C)c3ccccc23)CC1. The Morgan fingerprint density at radius 3 is 2.44 bits per heavy atom. The highest BCUT2D eigenvalue weighted by Crippen LogP contribution is 2.34. The van der Waals surface area contributed by atoms with Crippen molar-refractivity contribution in [2.45, 2.75) is 38.8 Å². The van der Waals surface area contributed by atoms with Crippen molar-refractivity contribution in [2.24, 2.45) is 7.05 Å². The van der Waals surface area contributed by atoms with Crippen LogP contribution in [0.25, 0.3) is 22.2 Å². The molecule has 34 heavy (non-hydrogen) atoms. The van der Waals surface area contributed by atoms with Crippen LogP contribution in [0.1, 0.15) is 36.9 Å². The molecule has 0 N–H and O–H groups in total. The van der Waals surface area contributed by atoms with E-state index in [1.165, 1.54) is 5.56 Å². The van der Waals surface area contributed by atoms with Gasteiger partial charge < -0.3 is 4.90 Å². The maximum Gasteiger partial charge on any atom is 0.159 e. The highest BCUT2D eigenvalue weighted by atomic mass is 19.1. The molecular formula is C27H31FN6. The summed E-state index contributed by atoms with van der Waals surface area (Å²) in [5.41, 5.74) is 4.01. The molecule has 1 atom stereocenters. The van der Waals surface area contributed by atoms with Crippen molar-refractivity contribution in [3.05, 3.63) is 71.7 Å². The van der Waals surface area contributed by atoms with Gasteiger partial charge in [0.2, 0.25) is 0 Å². The summed E-state index contributed by atoms with van der Waals surface area (Å²) in [5.74, 6) is 0.775. The number of piperidine rings is 1. The number of rotatable bonds is 5. The lowest BCUT2D eigenvalue weighted by molar-refractivity contribution is 0.158. The molecule has 0 bridgehead atoms. The van der Waals surface area contributed by atoms with E-state index in [1.807, 2.05) is 36.9 Å². The first-order valence-corrected chi connectivity index (χ1v) is 11.9. The van der Waals surface area contributed by atoms with Gasteiger partial charge in [0.05, 0.1) is 5.69 Å². The molecule has 1 aliphatic heterocycles. The Labute approximate surface area is 200 Å². The van der Waals surface area contributed by atoms with Gasteiger partial charge in [0, 0.05) is 49.2 Å². The third-order valence-corrected chi connectivity index (χ3v) is 7.36. The topological polar surface area (TPSA) is 50.1 Å². The van der Waals surface area contributed by atoms with Gasteiger partial charge in [-0.2, -0.15) is 5.10 Å². The minimum atomic E-state index is -0.174. The quantitative estimate of drug-likeness (QED) is 0.415. The molecule has 0 spiro atoms. The van der Waals surface area contributed by atoms with Crippen molar-refractivity contribution >= 4 is 16.6 Å². The molecule has 176 valence electrons. The molecule has 6 nitrogen and oxygen atoms in total. The molecule has 0 radical (unpaired) electrons. The molecular weight excluding hydrogens is 427 g/mol. The average Bonchev–Trinajstić information content (AvgIpc) is 3.28. The van der Waals surface area contributed by atoms with E-state index in [0.717, 1.165) is 59.5 Å². The second kappa shape index (κ2) is 9.14. The molecule has 7 heteroatoms. The molecule has 4 aromatic rings. The minimum absolute atomic E-state index is 0.174. The summed E-state index contributed by atoms with van der Waals surface area (Å²) < 4.78 is 15.4. The molecule has 3 heterocycles. The largest absolute Gasteiger partial charge is 0.354 e. The first kappa shape index (κ1) is 22.5. The van der Waals surface area contributed by atoms with Crippen LogP contribution >= 0.6 is 0 Å². The van der Waals surface area contributed by atoms with E-state index in [1.54, 1.807) is 18.3 Å². The third-order valence-electron chi connectivity index (χ3n) is 7.36. The summed E-state index contributed by atoms with van der Waals surface area (Å²) in [7, 11) is 4.11. The van der Waals surface area contributed by atoms with E-state index < -0.39 is 0 Å². The Morgan fingerprint density at radius 1 is 1.03 bits per heavy atom. The number of aromatic nitrogens is 4. The number of fused-ring (bicyclic) bond motifs is 1. The Hall–Kier alpha value is -3.32. The van der Waals surface area contributed by atoms with Crippen LogP contribution in [-0.2, 0) is 7.05 Å². The number of hydrogen-bond acceptors (Lipinski definition) is 5. The normalized spacial score (nSPS) is 15.9. The van der Waals surface area contributed by atoms with Crippen molar-refractivity contribution in [3.8, 4) is 11.4 Å². The molecule has 0 amide bonds. The molecule has 0 saturated carbocycles. The summed E-state index contributed by atoms with van der Waals surface area (Å²) in [5, 5.41) is 15.8. The number of benzene rings is 2. The monoisotopic (exact) mass is 458 g/mol. The van der Waals surface area contributed by atoms with Crippen LogP contribution in [0.4, 0.5) is 10.2 Å². The minimum Gasteiger partial charge on any atom is -0.354 e. The first-order chi connectivity index (χ1) is 16.4. The van der Waals surface area contributed by atoms with Gasteiger partial charge in [-0.3, -0.25) is 9.58 Å². The van der Waals surface area contributed by atoms with Crippen LogP contribution in [0.2, 0.25) is 0 Å². The third kappa shape index (κ3) is 4.05. The number of anilines is 1. The van der Waals surface area contributed by atoms with E-state index in [0.29, 0.717) is 6.04 Å². The Balaban J connectivity index is 1.35. The zero-order valence-electron chi connectivity index (χ0n) is 20.2. The second-order valence-corrected chi connectivity index (χ2v) is 9.32. The second-order valence-electron chi connectivity index (χ2n) is 9.32. The van der Waals surface area contributed by atoms with Gasteiger partial charge in [0.1, 0.15) is 11.5 Å². The Bertz CT molecular complexity index is 1310. The average molecular weight is 459 g/mol. The van der Waals surface area contributed by atoms with Gasteiger partial charge in [0.25, 0.3) is 0 Å². The fourth-order valence-electron chi connectivity index (χ4n) is 5.25. The van der Waals surface area contributed by atoms with E-state index in [2.05, 4.69) is 57.3 Å². The molecule has 5 rings (SSSR count). The summed E-state index contributed by atoms with van der Waals surface area (Å²) in [6.45, 7) is 6.05. The van der Waals surface area contributed by atoms with Crippen LogP contribution in [0.3, 0.4) is 0 Å². The fraction of sp³-hybridized carbons (Fsp3) is 0.370. The fourth-order valence-corrected chi connectivity index (χ4v) is 5.25. The van der Waals surface area contributed by atoms with Crippen LogP contribution in [0.15, 0.2) is 54.7 Å². The van der Waals surface area contributed by atoms with Crippen LogP contribution in [-0.4, -0.2) is 51.1 Å². The van der Waals surface area contributed by atoms with Crippen LogP contribution in [0.5, 0.6) is 0 Å². The highest BCUT2D eigenvalue weighted by molar-refractivity contribution is 5.99. The van der Waals surface area contributed by atoms with Gasteiger partial charge in [-0.15, -0.1) is 10.2 Å². The lowest BCUT2D eigenvalue weighted by Gasteiger charge is -2.40. The zero-order chi connectivity index (χ0) is 23.8. The van der Waals surface area contributed by atoms with E-state index in [-0.39, 0.29) is 11.9 Å². The Kier molecular flexibility index (Phi) is 6.04. The van der Waals surface area contributed by atoms with Crippen molar-refractivity contribution in [1.82, 2.24) is 24.9 Å². The predicted octanol–water partition coefficient (Wildman–Crippen LogP) is 5.14. The van der Waals surface area contributed by atoms with Crippen molar-refractivity contribution in [1.29, 1.82) is 0 Å². The lowest BCUT2D eigenvalue weighted by atomic mass is 9.96. The first-order valence-electron chi connectivity index (χ1n) is 11.9. The highest BCUT2D eigenvalue weighted by Gasteiger charge is 2.28. The molecule has 1 saturated heterocycles. The summed E-state index contributed by atoms with van der Waals surface area (Å²) in [4.78, 5) is 4.80. The number of nitrogens with zero attached hydrogens (tertiary/aromatic N) is 6. The lowest BCUT2D eigenvalue weighted by Crippen LogP contribution is -2.44. The van der Waals surface area contributed by atoms with Gasteiger partial charge in [-0.1, -0.05) is 30.3 Å². The standard InChI is InChI=1S/C27H31FN6/c1-18-17-20(28)9-10-22(18)19(2)32(3)21-12-15-34(16-13-21)27-24-8-6-5-7-23(24)26(30-31-27)25-11-14-29-33(25)4/h5-11,14,17,19,21H,12-13,15-16H2,1-4H3. The molecule has 1 unspecified atom stereocenters. The summed E-state index contributed by atoms with van der Waals surface area (Å²) in [6, 6.07) is 16.1. The number of hydrogen-bond donors (Lipinski definition) is 0. The number of halogens is 1. The molecule has 2 aromatic heterocycles. The van der Waals surface area contributed by atoms with E-state index in [4.69, 9.17) is 0 Å². The molecule has 2 aromatic carbocycles.